The van der Waals surface area contributed by atoms with Crippen LogP contribution in [0.25, 0.3) is 0 Å². The lowest BCUT2D eigenvalue weighted by molar-refractivity contribution is -0.119. The summed E-state index contributed by atoms with van der Waals surface area (Å²) in [6.07, 6.45) is 1.72. The molecule has 0 radical (unpaired) electrons. The van der Waals surface area contributed by atoms with E-state index >= 15 is 0 Å². The van der Waals surface area contributed by atoms with E-state index in [4.69, 9.17) is 0 Å². The summed E-state index contributed by atoms with van der Waals surface area (Å²) >= 11 is 1.33. The van der Waals surface area contributed by atoms with Gasteiger partial charge in [0.05, 0.1) is 5.69 Å². The predicted octanol–water partition coefficient (Wildman–Crippen LogP) is 1.37. The smallest absolute Gasteiger partial charge is 0.247 e. The second kappa shape index (κ2) is 6.02. The van der Waals surface area contributed by atoms with E-state index in [1.165, 1.54) is 11.3 Å². The molecule has 2 N–H and O–H groups in total. The van der Waals surface area contributed by atoms with Crippen LogP contribution in [0.2, 0.25) is 0 Å². The van der Waals surface area contributed by atoms with Crippen LogP contribution in [0.15, 0.2) is 5.38 Å². The van der Waals surface area contributed by atoms with Gasteiger partial charge in [0, 0.05) is 11.6 Å². The Morgan fingerprint density at radius 2 is 2.05 bits per heavy atom. The molecule has 0 spiro atoms. The van der Waals surface area contributed by atoms with Crippen LogP contribution in [0.5, 0.6) is 0 Å². The number of aromatic nitrogens is 1. The van der Waals surface area contributed by atoms with Crippen LogP contribution in [0, 0.1) is 0 Å². The molecule has 1 aliphatic rings. The third-order valence-corrected chi connectivity index (χ3v) is 6.66. The molecule has 1 saturated heterocycles. The van der Waals surface area contributed by atoms with Gasteiger partial charge in [0.1, 0.15) is 0 Å². The highest BCUT2D eigenvalue weighted by Gasteiger charge is 2.48. The van der Waals surface area contributed by atoms with Crippen LogP contribution in [0.3, 0.4) is 0 Å². The highest BCUT2D eigenvalue weighted by molar-refractivity contribution is 7.92. The summed E-state index contributed by atoms with van der Waals surface area (Å²) < 4.78 is 23.0. The summed E-state index contributed by atoms with van der Waals surface area (Å²) in [7, 11) is -3.49. The molecule has 0 aromatic carbocycles. The van der Waals surface area contributed by atoms with E-state index in [1.807, 2.05) is 19.2 Å². The first-order chi connectivity index (χ1) is 9.76. The largest absolute Gasteiger partial charge is 0.317 e. The summed E-state index contributed by atoms with van der Waals surface area (Å²) in [5.41, 5.74) is 0.897. The fraction of sp³-hybridized carbons (Fsp3) is 0.692. The number of hydrogen-bond acceptors (Lipinski definition) is 6. The number of piperidine rings is 1. The van der Waals surface area contributed by atoms with E-state index in [1.54, 1.807) is 0 Å². The minimum absolute atomic E-state index is 0.273. The minimum Gasteiger partial charge on any atom is -0.317 e. The van der Waals surface area contributed by atoms with E-state index in [-0.39, 0.29) is 5.92 Å². The number of thiazole rings is 1. The molecule has 0 aliphatic carbocycles. The van der Waals surface area contributed by atoms with Crippen LogP contribution >= 0.6 is 11.3 Å². The maximum absolute atomic E-state index is 12.6. The maximum Gasteiger partial charge on any atom is 0.247 e. The first-order valence-corrected chi connectivity index (χ1v) is 9.70. The molecule has 1 aromatic rings. The zero-order valence-corrected chi connectivity index (χ0v) is 14.1. The van der Waals surface area contributed by atoms with E-state index in [0.29, 0.717) is 31.1 Å². The zero-order valence-electron chi connectivity index (χ0n) is 12.5. The van der Waals surface area contributed by atoms with Crippen LogP contribution in [-0.4, -0.2) is 43.4 Å². The molecular formula is C13H21N3O3S2. The van der Waals surface area contributed by atoms with Crippen molar-refractivity contribution in [1.82, 2.24) is 10.3 Å². The molecule has 8 heteroatoms. The van der Waals surface area contributed by atoms with Gasteiger partial charge < -0.3 is 10.6 Å². The summed E-state index contributed by atoms with van der Waals surface area (Å²) in [5.74, 6) is -0.189. The van der Waals surface area contributed by atoms with Crippen molar-refractivity contribution < 1.29 is 13.2 Å². The standard InChI is InChI=1S/C13H21N3O3S2/c1-9(2)10-8-20-12(15-10)16-11(17)13(21(3,18)19)4-6-14-7-5-13/h8-9,14H,4-7H2,1-3H3,(H,15,16,17). The molecular weight excluding hydrogens is 310 g/mol. The third-order valence-electron chi connectivity index (χ3n) is 3.87. The highest BCUT2D eigenvalue weighted by Crippen LogP contribution is 2.30. The summed E-state index contributed by atoms with van der Waals surface area (Å²) in [4.78, 5) is 16.9. The molecule has 2 heterocycles. The quantitative estimate of drug-likeness (QED) is 0.870. The van der Waals surface area contributed by atoms with Crippen molar-refractivity contribution in [2.45, 2.75) is 37.4 Å². The molecule has 0 bridgehead atoms. The van der Waals surface area contributed by atoms with Crippen molar-refractivity contribution in [3.05, 3.63) is 11.1 Å². The van der Waals surface area contributed by atoms with Crippen molar-refractivity contribution >= 4 is 32.2 Å². The fourth-order valence-electron chi connectivity index (χ4n) is 2.42. The topological polar surface area (TPSA) is 88.2 Å². The number of carbonyl (C=O) groups excluding carboxylic acids is 1. The lowest BCUT2D eigenvalue weighted by Crippen LogP contribution is -2.55. The van der Waals surface area contributed by atoms with E-state index in [0.717, 1.165) is 11.9 Å². The van der Waals surface area contributed by atoms with Gasteiger partial charge in [-0.15, -0.1) is 11.3 Å². The van der Waals surface area contributed by atoms with Crippen molar-refractivity contribution in [3.63, 3.8) is 0 Å². The van der Waals surface area contributed by atoms with Gasteiger partial charge in [-0.1, -0.05) is 13.8 Å². The number of rotatable bonds is 4. The van der Waals surface area contributed by atoms with Gasteiger partial charge in [0.15, 0.2) is 19.7 Å². The molecule has 1 amide bonds. The number of hydrogen-bond donors (Lipinski definition) is 2. The number of nitrogens with one attached hydrogen (secondary N) is 2. The average Bonchev–Trinajstić information content (AvgIpc) is 2.87. The van der Waals surface area contributed by atoms with E-state index in [2.05, 4.69) is 15.6 Å². The first-order valence-electron chi connectivity index (χ1n) is 6.93. The Hall–Kier alpha value is -0.990. The lowest BCUT2D eigenvalue weighted by atomic mass is 9.96. The third kappa shape index (κ3) is 3.27. The molecule has 0 atom stereocenters. The van der Waals surface area contributed by atoms with Crippen molar-refractivity contribution in [2.75, 3.05) is 24.7 Å². The Morgan fingerprint density at radius 1 is 1.43 bits per heavy atom. The Bertz CT molecular complexity index is 616. The Morgan fingerprint density at radius 3 is 2.52 bits per heavy atom. The molecule has 118 valence electrons. The second-order valence-electron chi connectivity index (χ2n) is 5.70. The van der Waals surface area contributed by atoms with Gasteiger partial charge in [-0.2, -0.15) is 0 Å². The van der Waals surface area contributed by atoms with Crippen molar-refractivity contribution in [3.8, 4) is 0 Å². The van der Waals surface area contributed by atoms with Gasteiger partial charge in [-0.05, 0) is 31.8 Å². The van der Waals surface area contributed by atoms with Crippen LogP contribution in [0.1, 0.15) is 38.3 Å². The van der Waals surface area contributed by atoms with Crippen LogP contribution in [-0.2, 0) is 14.6 Å². The normalized spacial score (nSPS) is 18.7. The number of sulfone groups is 1. The molecule has 0 unspecified atom stereocenters. The SMILES string of the molecule is CC(C)c1csc(NC(=O)C2(S(C)(=O)=O)CCNCC2)n1. The average molecular weight is 331 g/mol. The fourth-order valence-corrected chi connectivity index (χ4v) is 4.62. The first kappa shape index (κ1) is 16.4. The van der Waals surface area contributed by atoms with Gasteiger partial charge in [0.2, 0.25) is 5.91 Å². The highest BCUT2D eigenvalue weighted by atomic mass is 32.2. The van der Waals surface area contributed by atoms with E-state index in [9.17, 15) is 13.2 Å². The molecule has 2 rings (SSSR count). The van der Waals surface area contributed by atoms with Crippen molar-refractivity contribution in [2.24, 2.45) is 0 Å². The number of nitrogens with zero attached hydrogens (tertiary/aromatic N) is 1. The number of anilines is 1. The van der Waals surface area contributed by atoms with Crippen molar-refractivity contribution in [1.29, 1.82) is 0 Å². The van der Waals surface area contributed by atoms with Gasteiger partial charge in [-0.3, -0.25) is 4.79 Å². The van der Waals surface area contributed by atoms with Gasteiger partial charge in [-0.25, -0.2) is 13.4 Å². The second-order valence-corrected chi connectivity index (χ2v) is 8.89. The molecule has 21 heavy (non-hydrogen) atoms. The Labute approximate surface area is 129 Å². The summed E-state index contributed by atoms with van der Waals surface area (Å²) in [6, 6.07) is 0. The molecule has 0 saturated carbocycles. The van der Waals surface area contributed by atoms with E-state index < -0.39 is 20.5 Å². The Balaban J connectivity index is 2.23. The van der Waals surface area contributed by atoms with Gasteiger partial charge >= 0.3 is 0 Å². The lowest BCUT2D eigenvalue weighted by Gasteiger charge is -2.33. The molecule has 1 aromatic heterocycles. The maximum atomic E-state index is 12.6. The van der Waals surface area contributed by atoms with Gasteiger partial charge in [0.25, 0.3) is 0 Å². The monoisotopic (exact) mass is 331 g/mol. The summed E-state index contributed by atoms with van der Waals surface area (Å²) in [6.45, 7) is 5.09. The van der Waals surface area contributed by atoms with Crippen LogP contribution in [0.4, 0.5) is 5.13 Å². The number of amides is 1. The molecule has 1 fully saturated rings. The zero-order chi connectivity index (χ0) is 15.7. The minimum atomic E-state index is -3.49. The Kier molecular flexibility index (Phi) is 4.69. The molecule has 1 aliphatic heterocycles. The predicted molar refractivity (Wildman–Crippen MR) is 84.5 cm³/mol. The summed E-state index contributed by atoms with van der Waals surface area (Å²) in [5, 5.41) is 8.14. The molecule has 6 nitrogen and oxygen atoms in total. The van der Waals surface area contributed by atoms with Crippen LogP contribution < -0.4 is 10.6 Å². The number of carbonyl (C=O) groups is 1.